The van der Waals surface area contributed by atoms with Crippen molar-refractivity contribution >= 4 is 38.9 Å². The van der Waals surface area contributed by atoms with E-state index in [1.165, 1.54) is 12.1 Å². The van der Waals surface area contributed by atoms with Crippen LogP contribution in [-0.2, 0) is 21.0 Å². The zero-order valence-electron chi connectivity index (χ0n) is 16.6. The molecule has 0 radical (unpaired) electrons. The number of halogens is 4. The standard InChI is InChI=1S/C22H16ClF3N2O3S/c1-13-6-9-19-16(10-13)15-4-2-3-5-20(15)32(30,31)28(19)12-21(29)27-14-7-8-18(23)17(11-14)22(24,25)26/h2-11H,12H2,1H3,(H,27,29). The van der Waals surface area contributed by atoms with Crippen LogP contribution in [0.15, 0.2) is 65.6 Å². The van der Waals surface area contributed by atoms with E-state index in [1.54, 1.807) is 30.3 Å². The fourth-order valence-corrected chi connectivity index (χ4v) is 5.44. The van der Waals surface area contributed by atoms with Crippen LogP contribution >= 0.6 is 11.6 Å². The summed E-state index contributed by atoms with van der Waals surface area (Å²) in [6.07, 6.45) is -4.70. The van der Waals surface area contributed by atoms with Crippen LogP contribution in [0.4, 0.5) is 24.5 Å². The van der Waals surface area contributed by atoms with Gasteiger partial charge in [0.1, 0.15) is 6.54 Å². The largest absolute Gasteiger partial charge is 0.417 e. The molecular formula is C22H16ClF3N2O3S. The summed E-state index contributed by atoms with van der Waals surface area (Å²) in [5.74, 6) is -0.796. The molecule has 3 aromatic rings. The molecule has 1 aliphatic heterocycles. The van der Waals surface area contributed by atoms with Gasteiger partial charge in [-0.3, -0.25) is 9.10 Å². The van der Waals surface area contributed by atoms with Gasteiger partial charge < -0.3 is 5.32 Å². The van der Waals surface area contributed by atoms with Crippen LogP contribution in [0.1, 0.15) is 11.1 Å². The van der Waals surface area contributed by atoms with Gasteiger partial charge >= 0.3 is 6.18 Å². The average molecular weight is 481 g/mol. The Bertz CT molecular complexity index is 1340. The monoisotopic (exact) mass is 480 g/mol. The van der Waals surface area contributed by atoms with Gasteiger partial charge in [-0.25, -0.2) is 8.42 Å². The minimum absolute atomic E-state index is 0.0525. The Morgan fingerprint density at radius 1 is 1.03 bits per heavy atom. The molecule has 0 spiro atoms. The normalized spacial score (nSPS) is 14.5. The van der Waals surface area contributed by atoms with E-state index in [9.17, 15) is 26.4 Å². The second-order valence-corrected chi connectivity index (χ2v) is 9.51. The van der Waals surface area contributed by atoms with E-state index >= 15 is 0 Å². The number of benzene rings is 3. The van der Waals surface area contributed by atoms with Crippen molar-refractivity contribution in [2.45, 2.75) is 18.0 Å². The lowest BCUT2D eigenvalue weighted by Gasteiger charge is -2.31. The van der Waals surface area contributed by atoms with Crippen molar-refractivity contribution in [3.63, 3.8) is 0 Å². The van der Waals surface area contributed by atoms with Gasteiger partial charge in [-0.2, -0.15) is 13.2 Å². The van der Waals surface area contributed by atoms with E-state index < -0.39 is 39.2 Å². The lowest BCUT2D eigenvalue weighted by molar-refractivity contribution is -0.137. The first-order valence-corrected chi connectivity index (χ1v) is 11.2. The highest BCUT2D eigenvalue weighted by Gasteiger charge is 2.36. The summed E-state index contributed by atoms with van der Waals surface area (Å²) in [6.45, 7) is 1.25. The molecule has 0 unspecified atom stereocenters. The zero-order chi connectivity index (χ0) is 23.3. The van der Waals surface area contributed by atoms with Gasteiger partial charge in [0.25, 0.3) is 10.0 Å². The molecule has 0 saturated heterocycles. The van der Waals surface area contributed by atoms with E-state index in [1.807, 2.05) is 13.0 Å². The maximum Gasteiger partial charge on any atom is 0.417 e. The second-order valence-electron chi connectivity index (χ2n) is 7.27. The molecule has 5 nitrogen and oxygen atoms in total. The number of aryl methyl sites for hydroxylation is 1. The summed E-state index contributed by atoms with van der Waals surface area (Å²) in [4.78, 5) is 12.7. The third-order valence-corrected chi connectivity index (χ3v) is 7.16. The Labute approximate surface area is 187 Å². The molecule has 1 amide bonds. The Hall–Kier alpha value is -3.04. The Kier molecular flexibility index (Phi) is 5.42. The first-order chi connectivity index (χ1) is 15.0. The lowest BCUT2D eigenvalue weighted by Crippen LogP contribution is -2.40. The molecule has 166 valence electrons. The number of fused-ring (bicyclic) bond motifs is 3. The van der Waals surface area contributed by atoms with Gasteiger partial charge in [-0.15, -0.1) is 0 Å². The minimum Gasteiger partial charge on any atom is -0.324 e. The Morgan fingerprint density at radius 2 is 1.75 bits per heavy atom. The number of carbonyl (C=O) groups is 1. The number of hydrogen-bond acceptors (Lipinski definition) is 3. The zero-order valence-corrected chi connectivity index (χ0v) is 18.1. The predicted octanol–water partition coefficient (Wildman–Crippen LogP) is 5.48. The van der Waals surface area contributed by atoms with E-state index in [2.05, 4.69) is 5.32 Å². The van der Waals surface area contributed by atoms with Crippen molar-refractivity contribution in [1.82, 2.24) is 0 Å². The number of rotatable bonds is 3. The molecule has 1 aliphatic rings. The average Bonchev–Trinajstić information content (AvgIpc) is 2.72. The van der Waals surface area contributed by atoms with Crippen molar-refractivity contribution in [1.29, 1.82) is 0 Å². The van der Waals surface area contributed by atoms with Gasteiger partial charge in [0, 0.05) is 16.8 Å². The van der Waals surface area contributed by atoms with Gasteiger partial charge in [0.15, 0.2) is 0 Å². The topological polar surface area (TPSA) is 66.5 Å². The van der Waals surface area contributed by atoms with E-state index in [-0.39, 0.29) is 10.6 Å². The number of carbonyl (C=O) groups excluding carboxylic acids is 1. The number of sulfonamides is 1. The van der Waals surface area contributed by atoms with Crippen LogP contribution in [0.5, 0.6) is 0 Å². The predicted molar refractivity (Wildman–Crippen MR) is 116 cm³/mol. The summed E-state index contributed by atoms with van der Waals surface area (Å²) in [5, 5.41) is 1.82. The molecule has 32 heavy (non-hydrogen) atoms. The van der Waals surface area contributed by atoms with Crippen molar-refractivity contribution < 1.29 is 26.4 Å². The van der Waals surface area contributed by atoms with Crippen molar-refractivity contribution in [3.05, 3.63) is 76.8 Å². The van der Waals surface area contributed by atoms with Crippen LogP contribution in [0, 0.1) is 6.92 Å². The highest BCUT2D eigenvalue weighted by Crippen LogP contribution is 2.43. The number of hydrogen-bond donors (Lipinski definition) is 1. The maximum atomic E-state index is 13.2. The van der Waals surface area contributed by atoms with E-state index in [4.69, 9.17) is 11.6 Å². The molecule has 4 rings (SSSR count). The van der Waals surface area contributed by atoms with Gasteiger partial charge in [-0.1, -0.05) is 41.4 Å². The number of nitrogens with zero attached hydrogens (tertiary/aromatic N) is 1. The molecule has 0 aliphatic carbocycles. The molecule has 3 aromatic carbocycles. The first-order valence-electron chi connectivity index (χ1n) is 9.38. The molecular weight excluding hydrogens is 465 g/mol. The van der Waals surface area contributed by atoms with Gasteiger partial charge in [0.05, 0.1) is 21.2 Å². The fraction of sp³-hybridized carbons (Fsp3) is 0.136. The molecule has 0 saturated carbocycles. The summed E-state index contributed by atoms with van der Waals surface area (Å²) in [7, 11) is -4.06. The van der Waals surface area contributed by atoms with Crippen LogP contribution in [0.2, 0.25) is 5.02 Å². The van der Waals surface area contributed by atoms with Crippen molar-refractivity contribution in [2.24, 2.45) is 0 Å². The van der Waals surface area contributed by atoms with Crippen LogP contribution < -0.4 is 9.62 Å². The molecule has 10 heteroatoms. The van der Waals surface area contributed by atoms with Crippen LogP contribution in [0.25, 0.3) is 11.1 Å². The third-order valence-electron chi connectivity index (χ3n) is 5.01. The summed E-state index contributed by atoms with van der Waals surface area (Å²) in [6, 6.07) is 14.5. The fourth-order valence-electron chi connectivity index (χ4n) is 3.57. The van der Waals surface area contributed by atoms with Crippen LogP contribution in [-0.4, -0.2) is 20.9 Å². The minimum atomic E-state index is -4.70. The SMILES string of the molecule is Cc1ccc2c(c1)-c1ccccc1S(=O)(=O)N2CC(=O)Nc1ccc(Cl)c(C(F)(F)F)c1. The smallest absolute Gasteiger partial charge is 0.324 e. The lowest BCUT2D eigenvalue weighted by atomic mass is 10.0. The highest BCUT2D eigenvalue weighted by atomic mass is 35.5. The molecule has 1 heterocycles. The van der Waals surface area contributed by atoms with E-state index in [0.717, 1.165) is 15.9 Å². The number of anilines is 2. The summed E-state index contributed by atoms with van der Waals surface area (Å²) in [5.41, 5.74) is 1.15. The quantitative estimate of drug-likeness (QED) is 0.539. The second kappa shape index (κ2) is 7.83. The maximum absolute atomic E-state index is 13.2. The van der Waals surface area contributed by atoms with Gasteiger partial charge in [-0.05, 0) is 43.3 Å². The number of nitrogens with one attached hydrogen (secondary N) is 1. The third kappa shape index (κ3) is 3.93. The molecule has 1 N–H and O–H groups in total. The summed E-state index contributed by atoms with van der Waals surface area (Å²) >= 11 is 5.61. The first kappa shape index (κ1) is 22.2. The summed E-state index contributed by atoms with van der Waals surface area (Å²) < 4.78 is 66.7. The van der Waals surface area contributed by atoms with Crippen LogP contribution in [0.3, 0.4) is 0 Å². The molecule has 0 atom stereocenters. The highest BCUT2D eigenvalue weighted by molar-refractivity contribution is 7.93. The molecule has 0 fully saturated rings. The van der Waals surface area contributed by atoms with Crippen molar-refractivity contribution in [3.8, 4) is 11.1 Å². The molecule has 0 aromatic heterocycles. The Morgan fingerprint density at radius 3 is 2.47 bits per heavy atom. The number of amides is 1. The van der Waals surface area contributed by atoms with E-state index in [0.29, 0.717) is 22.9 Å². The van der Waals surface area contributed by atoms with Gasteiger partial charge in [0.2, 0.25) is 5.91 Å². The Balaban J connectivity index is 1.69. The molecule has 0 bridgehead atoms. The van der Waals surface area contributed by atoms with Crippen molar-refractivity contribution in [2.75, 3.05) is 16.2 Å². The number of alkyl halides is 3.